The maximum atomic E-state index is 12.9. The van der Waals surface area contributed by atoms with Crippen molar-refractivity contribution in [3.63, 3.8) is 0 Å². The number of morpholine rings is 1. The maximum Gasteiger partial charge on any atom is 0.251 e. The third-order valence-corrected chi connectivity index (χ3v) is 5.59. The highest BCUT2D eigenvalue weighted by Gasteiger charge is 2.20. The molecule has 7 nitrogen and oxygen atoms in total. The number of hydrogen-bond acceptors (Lipinski definition) is 5. The van der Waals surface area contributed by atoms with Crippen molar-refractivity contribution in [1.82, 2.24) is 15.6 Å². The van der Waals surface area contributed by atoms with E-state index in [4.69, 9.17) is 4.74 Å². The lowest BCUT2D eigenvalue weighted by molar-refractivity contribution is -0.121. The Morgan fingerprint density at radius 2 is 1.64 bits per heavy atom. The van der Waals surface area contributed by atoms with Crippen LogP contribution in [0.25, 0.3) is 0 Å². The Hall–Kier alpha value is -3.71. The van der Waals surface area contributed by atoms with Crippen LogP contribution in [-0.2, 0) is 16.1 Å². The van der Waals surface area contributed by atoms with Crippen molar-refractivity contribution < 1.29 is 14.3 Å². The summed E-state index contributed by atoms with van der Waals surface area (Å²) in [5.74, 6) is 0.520. The number of benzene rings is 2. The Bertz CT molecular complexity index is 1050. The summed E-state index contributed by atoms with van der Waals surface area (Å²) in [7, 11) is 0. The number of pyridine rings is 1. The SMILES string of the molecule is O=C(C[C@H](NC(=O)c1ccccc1)c1ccccc1)NCc1cccnc1N1CCOCC1. The van der Waals surface area contributed by atoms with Crippen LogP contribution in [0.2, 0.25) is 0 Å². The molecule has 0 saturated carbocycles. The normalized spacial score (nSPS) is 14.4. The van der Waals surface area contributed by atoms with Crippen LogP contribution < -0.4 is 15.5 Å². The highest BCUT2D eigenvalue weighted by Crippen LogP contribution is 2.20. The fourth-order valence-corrected chi connectivity index (χ4v) is 3.85. The fraction of sp³-hybridized carbons (Fsp3) is 0.269. The van der Waals surface area contributed by atoms with E-state index < -0.39 is 6.04 Å². The van der Waals surface area contributed by atoms with Crippen molar-refractivity contribution >= 4 is 17.6 Å². The van der Waals surface area contributed by atoms with Gasteiger partial charge in [0.1, 0.15) is 5.82 Å². The van der Waals surface area contributed by atoms with E-state index in [1.165, 1.54) is 0 Å². The molecule has 1 aliphatic heterocycles. The Morgan fingerprint density at radius 1 is 0.939 bits per heavy atom. The van der Waals surface area contributed by atoms with Crippen molar-refractivity contribution in [2.45, 2.75) is 19.0 Å². The highest BCUT2D eigenvalue weighted by molar-refractivity contribution is 5.94. The van der Waals surface area contributed by atoms with E-state index in [9.17, 15) is 9.59 Å². The smallest absolute Gasteiger partial charge is 0.251 e. The molecule has 3 aromatic rings. The summed E-state index contributed by atoms with van der Waals surface area (Å²) in [6, 6.07) is 22.0. The zero-order valence-electron chi connectivity index (χ0n) is 18.4. The zero-order valence-corrected chi connectivity index (χ0v) is 18.4. The molecule has 0 aliphatic carbocycles. The molecule has 7 heteroatoms. The Kier molecular flexibility index (Phi) is 7.66. The lowest BCUT2D eigenvalue weighted by atomic mass is 10.0. The average Bonchev–Trinajstić information content (AvgIpc) is 2.89. The molecule has 1 atom stereocenters. The van der Waals surface area contributed by atoms with Crippen LogP contribution in [0.3, 0.4) is 0 Å². The second kappa shape index (κ2) is 11.2. The molecule has 33 heavy (non-hydrogen) atoms. The first-order chi connectivity index (χ1) is 16.2. The second-order valence-electron chi connectivity index (χ2n) is 7.87. The largest absolute Gasteiger partial charge is 0.378 e. The molecule has 2 amide bonds. The third-order valence-electron chi connectivity index (χ3n) is 5.59. The molecular weight excluding hydrogens is 416 g/mol. The summed E-state index contributed by atoms with van der Waals surface area (Å²) in [5, 5.41) is 6.01. The molecule has 170 valence electrons. The van der Waals surface area contributed by atoms with Crippen LogP contribution in [0.5, 0.6) is 0 Å². The van der Waals surface area contributed by atoms with E-state index >= 15 is 0 Å². The van der Waals surface area contributed by atoms with Crippen LogP contribution in [0, 0.1) is 0 Å². The van der Waals surface area contributed by atoms with Crippen LogP contribution in [0.4, 0.5) is 5.82 Å². The molecule has 1 saturated heterocycles. The van der Waals surface area contributed by atoms with Gasteiger partial charge in [0.2, 0.25) is 5.91 Å². The summed E-state index contributed by atoms with van der Waals surface area (Å²) < 4.78 is 5.43. The predicted molar refractivity (Wildman–Crippen MR) is 127 cm³/mol. The van der Waals surface area contributed by atoms with Gasteiger partial charge in [-0.3, -0.25) is 9.59 Å². The monoisotopic (exact) mass is 444 g/mol. The fourth-order valence-electron chi connectivity index (χ4n) is 3.85. The van der Waals surface area contributed by atoms with Gasteiger partial charge >= 0.3 is 0 Å². The maximum absolute atomic E-state index is 12.9. The molecule has 0 spiro atoms. The number of ether oxygens (including phenoxy) is 1. The molecule has 0 unspecified atom stereocenters. The quantitative estimate of drug-likeness (QED) is 0.558. The van der Waals surface area contributed by atoms with Gasteiger partial charge in [-0.1, -0.05) is 54.6 Å². The number of hydrogen-bond donors (Lipinski definition) is 2. The second-order valence-corrected chi connectivity index (χ2v) is 7.87. The zero-order chi connectivity index (χ0) is 22.9. The van der Waals surface area contributed by atoms with Crippen LogP contribution in [0.15, 0.2) is 79.0 Å². The molecule has 1 fully saturated rings. The van der Waals surface area contributed by atoms with E-state index in [1.54, 1.807) is 18.3 Å². The predicted octanol–water partition coefficient (Wildman–Crippen LogP) is 3.10. The summed E-state index contributed by atoms with van der Waals surface area (Å²) in [6.07, 6.45) is 1.90. The Labute approximate surface area is 193 Å². The number of nitrogens with one attached hydrogen (secondary N) is 2. The van der Waals surface area contributed by atoms with Gasteiger partial charge in [0.15, 0.2) is 0 Å². The van der Waals surface area contributed by atoms with Gasteiger partial charge < -0.3 is 20.3 Å². The van der Waals surface area contributed by atoms with Crippen molar-refractivity contribution in [2.24, 2.45) is 0 Å². The van der Waals surface area contributed by atoms with Crippen molar-refractivity contribution in [1.29, 1.82) is 0 Å². The molecule has 2 aromatic carbocycles. The number of amides is 2. The minimum atomic E-state index is -0.438. The summed E-state index contributed by atoms with van der Waals surface area (Å²) >= 11 is 0. The number of carbonyl (C=O) groups is 2. The number of nitrogens with zero attached hydrogens (tertiary/aromatic N) is 2. The standard InChI is InChI=1S/C26H28N4O3/c31-24(28-19-22-12-7-13-27-25(22)30-14-16-33-17-15-30)18-23(20-8-3-1-4-9-20)29-26(32)21-10-5-2-6-11-21/h1-13,23H,14-19H2,(H,28,31)(H,29,32)/t23-/m0/s1. The van der Waals surface area contributed by atoms with Crippen molar-refractivity contribution in [2.75, 3.05) is 31.2 Å². The highest BCUT2D eigenvalue weighted by atomic mass is 16.5. The van der Waals surface area contributed by atoms with E-state index in [0.29, 0.717) is 25.3 Å². The van der Waals surface area contributed by atoms with Crippen molar-refractivity contribution in [3.05, 3.63) is 95.7 Å². The Morgan fingerprint density at radius 3 is 2.36 bits per heavy atom. The van der Waals surface area contributed by atoms with Crippen LogP contribution >= 0.6 is 0 Å². The third kappa shape index (κ3) is 6.17. The summed E-state index contributed by atoms with van der Waals surface area (Å²) in [5.41, 5.74) is 2.40. The minimum Gasteiger partial charge on any atom is -0.378 e. The number of anilines is 1. The van der Waals surface area contributed by atoms with Gasteiger partial charge in [-0.05, 0) is 23.8 Å². The lowest BCUT2D eigenvalue weighted by Crippen LogP contribution is -2.38. The topological polar surface area (TPSA) is 83.6 Å². The first-order valence-electron chi connectivity index (χ1n) is 11.1. The van der Waals surface area contributed by atoms with Gasteiger partial charge in [-0.15, -0.1) is 0 Å². The first kappa shape index (κ1) is 22.5. The molecule has 2 heterocycles. The number of rotatable bonds is 8. The Balaban J connectivity index is 1.42. The van der Waals surface area contributed by atoms with E-state index in [1.807, 2.05) is 60.7 Å². The molecule has 0 radical (unpaired) electrons. The van der Waals surface area contributed by atoms with Crippen LogP contribution in [-0.4, -0.2) is 43.1 Å². The summed E-state index contributed by atoms with van der Waals surface area (Å²) in [4.78, 5) is 32.3. The molecule has 4 rings (SSSR count). The van der Waals surface area contributed by atoms with Gasteiger partial charge in [-0.2, -0.15) is 0 Å². The summed E-state index contributed by atoms with van der Waals surface area (Å²) in [6.45, 7) is 3.26. The van der Waals surface area contributed by atoms with E-state index in [-0.39, 0.29) is 18.2 Å². The molecule has 0 bridgehead atoms. The molecular formula is C26H28N4O3. The van der Waals surface area contributed by atoms with Crippen LogP contribution in [0.1, 0.15) is 33.9 Å². The first-order valence-corrected chi connectivity index (χ1v) is 11.1. The van der Waals surface area contributed by atoms with Gasteiger partial charge in [0.05, 0.1) is 25.7 Å². The molecule has 1 aromatic heterocycles. The molecule has 2 N–H and O–H groups in total. The van der Waals surface area contributed by atoms with E-state index in [2.05, 4.69) is 20.5 Å². The van der Waals surface area contributed by atoms with Gasteiger partial charge in [-0.25, -0.2) is 4.98 Å². The van der Waals surface area contributed by atoms with Gasteiger partial charge in [0, 0.05) is 37.0 Å². The van der Waals surface area contributed by atoms with E-state index in [0.717, 1.165) is 30.0 Å². The molecule has 1 aliphatic rings. The van der Waals surface area contributed by atoms with Crippen molar-refractivity contribution in [3.8, 4) is 0 Å². The minimum absolute atomic E-state index is 0.135. The lowest BCUT2D eigenvalue weighted by Gasteiger charge is -2.29. The number of aromatic nitrogens is 1. The van der Waals surface area contributed by atoms with Gasteiger partial charge in [0.25, 0.3) is 5.91 Å². The average molecular weight is 445 g/mol. The number of carbonyl (C=O) groups excluding carboxylic acids is 2.